The lowest BCUT2D eigenvalue weighted by atomic mass is 10.1. The molecule has 33 heavy (non-hydrogen) atoms. The molecule has 8 nitrogen and oxygen atoms in total. The average molecular weight is 495 g/mol. The summed E-state index contributed by atoms with van der Waals surface area (Å²) < 4.78 is 27.4. The number of carbonyl (C=O) groups excluding carboxylic acids is 1. The van der Waals surface area contributed by atoms with Crippen LogP contribution in [0.4, 0.5) is 0 Å². The van der Waals surface area contributed by atoms with E-state index in [0.717, 1.165) is 38.5 Å². The number of hydrogen-bond donors (Lipinski definition) is 2. The molecular weight excluding hydrogens is 445 g/mol. The Kier molecular flexibility index (Phi) is 19.1. The zero-order valence-electron chi connectivity index (χ0n) is 21.4. The van der Waals surface area contributed by atoms with E-state index >= 15 is 0 Å². The molecule has 0 radical (unpaired) electrons. The predicted molar refractivity (Wildman–Crippen MR) is 132 cm³/mol. The summed E-state index contributed by atoms with van der Waals surface area (Å²) in [6.45, 7) is 1.92. The zero-order chi connectivity index (χ0) is 25.0. The molecule has 9 heteroatoms. The number of rotatable bonds is 22. The topological polar surface area (TPSA) is 102 Å². The van der Waals surface area contributed by atoms with Crippen LogP contribution in [0.25, 0.3) is 0 Å². The summed E-state index contributed by atoms with van der Waals surface area (Å²) in [5, 5.41) is 9.36. The van der Waals surface area contributed by atoms with Crippen molar-refractivity contribution in [2.45, 2.75) is 90.1 Å². The highest BCUT2D eigenvalue weighted by atomic mass is 31.2. The number of likely N-dealkylation sites (N-methyl/N-ethyl adjacent to an activating group) is 1. The Bertz CT molecular complexity index is 564. The molecule has 0 aliphatic heterocycles. The van der Waals surface area contributed by atoms with Crippen LogP contribution in [-0.2, 0) is 23.1 Å². The Morgan fingerprint density at radius 1 is 0.939 bits per heavy atom. The number of ether oxygens (including phenoxy) is 1. The summed E-state index contributed by atoms with van der Waals surface area (Å²) in [5.74, 6) is -0.442. The van der Waals surface area contributed by atoms with Crippen LogP contribution >= 0.6 is 7.82 Å². The number of esters is 1. The van der Waals surface area contributed by atoms with Gasteiger partial charge in [-0.1, -0.05) is 57.6 Å². The summed E-state index contributed by atoms with van der Waals surface area (Å²) >= 11 is 0. The number of phosphoric acid groups is 1. The average Bonchev–Trinajstić information content (AvgIpc) is 2.73. The normalized spacial score (nSPS) is 15.0. The first-order chi connectivity index (χ1) is 15.6. The number of carbonyl (C=O) groups is 1. The number of phosphoric ester groups is 1. The van der Waals surface area contributed by atoms with E-state index in [1.54, 1.807) is 0 Å². The van der Waals surface area contributed by atoms with Crippen molar-refractivity contribution in [3.8, 4) is 0 Å². The fourth-order valence-electron chi connectivity index (χ4n) is 3.00. The smallest absolute Gasteiger partial charge is 0.457 e. The van der Waals surface area contributed by atoms with Crippen LogP contribution in [0.1, 0.15) is 84.0 Å². The van der Waals surface area contributed by atoms with Gasteiger partial charge in [0.1, 0.15) is 19.3 Å². The van der Waals surface area contributed by atoms with E-state index in [1.807, 2.05) is 21.1 Å². The van der Waals surface area contributed by atoms with Crippen molar-refractivity contribution in [2.75, 3.05) is 47.5 Å². The summed E-state index contributed by atoms with van der Waals surface area (Å²) in [7, 11) is 1.54. The van der Waals surface area contributed by atoms with E-state index in [1.165, 1.54) is 32.1 Å². The van der Waals surface area contributed by atoms with Crippen LogP contribution in [0.2, 0.25) is 0 Å². The number of allylic oxidation sites excluding steroid dienone is 2. The highest BCUT2D eigenvalue weighted by Gasteiger charge is 2.25. The van der Waals surface area contributed by atoms with Crippen molar-refractivity contribution in [3.05, 3.63) is 12.2 Å². The number of hydrogen-bond acceptors (Lipinski definition) is 6. The third kappa shape index (κ3) is 22.8. The third-order valence-corrected chi connectivity index (χ3v) is 6.07. The molecule has 0 aromatic heterocycles. The molecule has 2 atom stereocenters. The molecule has 0 heterocycles. The Morgan fingerprint density at radius 2 is 1.52 bits per heavy atom. The molecule has 0 amide bonds. The van der Waals surface area contributed by atoms with Crippen molar-refractivity contribution < 1.29 is 37.6 Å². The van der Waals surface area contributed by atoms with Crippen LogP contribution in [0, 0.1) is 0 Å². The lowest BCUT2D eigenvalue weighted by Crippen LogP contribution is -2.37. The van der Waals surface area contributed by atoms with Crippen LogP contribution in [-0.4, -0.2) is 74.1 Å². The fraction of sp³-hybridized carbons (Fsp3) is 0.875. The Hall–Kier alpha value is -0.760. The molecule has 0 aliphatic rings. The second-order valence-electron chi connectivity index (χ2n) is 9.53. The standard InChI is InChI=1S/C24H48NO7P/c1-5-6-7-8-9-10-11-12-13-14-15-16-17-18-24(27)32-23(21-26)22-31-33(28,29)30-20-19-25(2,3)4/h10-11,23,26H,5-9,12-22H2,1-4H3/p+1/b11-10-/t23-/m0/s1. The maximum absolute atomic E-state index is 12.0. The van der Waals surface area contributed by atoms with E-state index in [9.17, 15) is 19.4 Å². The molecule has 0 saturated carbocycles. The zero-order valence-corrected chi connectivity index (χ0v) is 22.3. The van der Waals surface area contributed by atoms with E-state index in [4.69, 9.17) is 13.8 Å². The fourth-order valence-corrected chi connectivity index (χ4v) is 3.74. The van der Waals surface area contributed by atoms with E-state index in [2.05, 4.69) is 19.1 Å². The lowest BCUT2D eigenvalue weighted by Gasteiger charge is -2.24. The predicted octanol–water partition coefficient (Wildman–Crippen LogP) is 4.99. The van der Waals surface area contributed by atoms with Gasteiger partial charge in [0.2, 0.25) is 0 Å². The molecule has 0 aromatic rings. The molecule has 0 fully saturated rings. The molecule has 0 rings (SSSR count). The van der Waals surface area contributed by atoms with Crippen molar-refractivity contribution in [1.82, 2.24) is 0 Å². The van der Waals surface area contributed by atoms with Crippen LogP contribution in [0.5, 0.6) is 0 Å². The number of aliphatic hydroxyl groups is 1. The molecule has 0 aromatic carbocycles. The first-order valence-electron chi connectivity index (χ1n) is 12.5. The SMILES string of the molecule is CCCCCC/C=C\CCCCCCCC(=O)O[C@@H](CO)COP(=O)(O)OCC[N+](C)(C)C. The highest BCUT2D eigenvalue weighted by Crippen LogP contribution is 2.43. The maximum Gasteiger partial charge on any atom is 0.472 e. The minimum Gasteiger partial charge on any atom is -0.457 e. The number of quaternary nitrogens is 1. The third-order valence-electron chi connectivity index (χ3n) is 5.08. The first-order valence-corrected chi connectivity index (χ1v) is 14.0. The molecule has 0 aliphatic carbocycles. The number of nitrogens with zero attached hydrogens (tertiary/aromatic N) is 1. The van der Waals surface area contributed by atoms with Gasteiger partial charge in [0.25, 0.3) is 0 Å². The van der Waals surface area contributed by atoms with Gasteiger partial charge in [-0.05, 0) is 32.1 Å². The van der Waals surface area contributed by atoms with Crippen LogP contribution < -0.4 is 0 Å². The molecule has 1 unspecified atom stereocenters. The second kappa shape index (κ2) is 19.5. The van der Waals surface area contributed by atoms with E-state index in [-0.39, 0.29) is 13.0 Å². The van der Waals surface area contributed by atoms with Gasteiger partial charge in [-0.25, -0.2) is 4.57 Å². The molecule has 0 spiro atoms. The van der Waals surface area contributed by atoms with Gasteiger partial charge >= 0.3 is 13.8 Å². The first kappa shape index (κ1) is 32.2. The molecule has 0 bridgehead atoms. The van der Waals surface area contributed by atoms with Crippen molar-refractivity contribution in [3.63, 3.8) is 0 Å². The molecule has 196 valence electrons. The van der Waals surface area contributed by atoms with E-state index in [0.29, 0.717) is 11.0 Å². The van der Waals surface area contributed by atoms with Crippen molar-refractivity contribution >= 4 is 13.8 Å². The minimum atomic E-state index is -4.26. The van der Waals surface area contributed by atoms with Gasteiger partial charge in [-0.2, -0.15) is 0 Å². The lowest BCUT2D eigenvalue weighted by molar-refractivity contribution is -0.870. The van der Waals surface area contributed by atoms with Gasteiger partial charge in [0, 0.05) is 6.42 Å². The Balaban J connectivity index is 3.81. The van der Waals surface area contributed by atoms with Gasteiger partial charge in [0.05, 0.1) is 34.4 Å². The van der Waals surface area contributed by atoms with Gasteiger partial charge in [-0.3, -0.25) is 13.8 Å². The quantitative estimate of drug-likeness (QED) is 0.0719. The highest BCUT2D eigenvalue weighted by molar-refractivity contribution is 7.47. The second-order valence-corrected chi connectivity index (χ2v) is 11.0. The minimum absolute atomic E-state index is 0.0518. The molecule has 2 N–H and O–H groups in total. The molecular formula is C24H49NO7P+. The van der Waals surface area contributed by atoms with Crippen molar-refractivity contribution in [1.29, 1.82) is 0 Å². The number of aliphatic hydroxyl groups excluding tert-OH is 1. The largest absolute Gasteiger partial charge is 0.472 e. The molecule has 0 saturated heterocycles. The number of unbranched alkanes of at least 4 members (excludes halogenated alkanes) is 9. The van der Waals surface area contributed by atoms with Gasteiger partial charge < -0.3 is 19.2 Å². The summed E-state index contributed by atoms with van der Waals surface area (Å²) in [6.07, 6.45) is 16.4. The van der Waals surface area contributed by atoms with Crippen LogP contribution in [0.15, 0.2) is 12.2 Å². The summed E-state index contributed by atoms with van der Waals surface area (Å²) in [5.41, 5.74) is 0. The van der Waals surface area contributed by atoms with Gasteiger partial charge in [0.15, 0.2) is 0 Å². The van der Waals surface area contributed by atoms with Gasteiger partial charge in [-0.15, -0.1) is 0 Å². The van der Waals surface area contributed by atoms with Crippen molar-refractivity contribution in [2.24, 2.45) is 0 Å². The maximum atomic E-state index is 12.0. The summed E-state index contributed by atoms with van der Waals surface area (Å²) in [4.78, 5) is 21.7. The summed E-state index contributed by atoms with van der Waals surface area (Å²) in [6, 6.07) is 0. The van der Waals surface area contributed by atoms with Crippen LogP contribution in [0.3, 0.4) is 0 Å². The Labute approximate surface area is 201 Å². The van der Waals surface area contributed by atoms with E-state index < -0.39 is 33.1 Å². The Morgan fingerprint density at radius 3 is 2.09 bits per heavy atom. The monoisotopic (exact) mass is 494 g/mol.